The molecule has 0 bridgehead atoms. The molecule has 0 aliphatic heterocycles. The summed E-state index contributed by atoms with van der Waals surface area (Å²) in [5, 5.41) is 8.19. The van der Waals surface area contributed by atoms with Gasteiger partial charge in [-0.3, -0.25) is 4.79 Å². The zero-order chi connectivity index (χ0) is 22.9. The fourth-order valence-electron chi connectivity index (χ4n) is 2.89. The second kappa shape index (κ2) is 10.8. The average molecular weight is 431 g/mol. The van der Waals surface area contributed by atoms with E-state index in [1.54, 1.807) is 48.5 Å². The van der Waals surface area contributed by atoms with E-state index in [-0.39, 0.29) is 24.1 Å². The van der Waals surface area contributed by atoms with Gasteiger partial charge >= 0.3 is 12.0 Å². The Labute approximate surface area is 186 Å². The Bertz CT molecular complexity index is 1080. The van der Waals surface area contributed by atoms with E-state index in [9.17, 15) is 14.4 Å². The molecule has 0 atom stereocenters. The first-order valence-corrected chi connectivity index (χ1v) is 10.2. The smallest absolute Gasteiger partial charge is 0.340 e. The predicted octanol–water partition coefficient (Wildman–Crippen LogP) is 4.83. The lowest BCUT2D eigenvalue weighted by Crippen LogP contribution is -2.34. The van der Waals surface area contributed by atoms with Crippen LogP contribution in [0.2, 0.25) is 0 Å². The third-order valence-corrected chi connectivity index (χ3v) is 4.43. The summed E-state index contributed by atoms with van der Waals surface area (Å²) >= 11 is 0. The lowest BCUT2D eigenvalue weighted by molar-refractivity contribution is 0.0473. The van der Waals surface area contributed by atoms with E-state index in [1.165, 1.54) is 0 Å². The maximum atomic E-state index is 12.6. The highest BCUT2D eigenvalue weighted by molar-refractivity contribution is 6.04. The van der Waals surface area contributed by atoms with Gasteiger partial charge in [0.2, 0.25) is 0 Å². The third-order valence-electron chi connectivity index (χ3n) is 4.43. The van der Waals surface area contributed by atoms with E-state index < -0.39 is 12.0 Å². The molecule has 3 amide bonds. The maximum Gasteiger partial charge on any atom is 0.340 e. The Morgan fingerprint density at radius 1 is 0.812 bits per heavy atom. The molecule has 0 aliphatic rings. The summed E-state index contributed by atoms with van der Waals surface area (Å²) in [5.74, 6) is -0.782. The number of nitrogens with one attached hydrogen (secondary N) is 3. The molecule has 0 saturated heterocycles. The fraction of sp³-hybridized carbons (Fsp3) is 0.160. The molecule has 0 spiro atoms. The zero-order valence-electron chi connectivity index (χ0n) is 17.9. The summed E-state index contributed by atoms with van der Waals surface area (Å²) in [7, 11) is 0. The predicted molar refractivity (Wildman–Crippen MR) is 124 cm³/mol. The molecule has 0 unspecified atom stereocenters. The van der Waals surface area contributed by atoms with Crippen molar-refractivity contribution in [2.45, 2.75) is 26.5 Å². The van der Waals surface area contributed by atoms with Gasteiger partial charge in [-0.15, -0.1) is 0 Å². The number of hydrogen-bond acceptors (Lipinski definition) is 4. The van der Waals surface area contributed by atoms with Crippen molar-refractivity contribution in [3.8, 4) is 0 Å². The minimum Gasteiger partial charge on any atom is -0.457 e. The molecule has 3 rings (SSSR count). The van der Waals surface area contributed by atoms with Crippen molar-refractivity contribution in [3.05, 3.63) is 95.6 Å². The van der Waals surface area contributed by atoms with Crippen molar-refractivity contribution in [2.24, 2.45) is 0 Å². The van der Waals surface area contributed by atoms with Gasteiger partial charge in [-0.25, -0.2) is 9.59 Å². The van der Waals surface area contributed by atoms with Crippen LogP contribution in [0.1, 0.15) is 40.1 Å². The molecule has 0 aliphatic carbocycles. The van der Waals surface area contributed by atoms with Gasteiger partial charge < -0.3 is 20.7 Å². The quantitative estimate of drug-likeness (QED) is 0.467. The summed E-state index contributed by atoms with van der Waals surface area (Å²) in [5.41, 5.74) is 2.56. The molecule has 0 aromatic heterocycles. The number of para-hydroxylation sites is 2. The Hall–Kier alpha value is -4.13. The molecule has 0 radical (unpaired) electrons. The van der Waals surface area contributed by atoms with Gasteiger partial charge in [0.15, 0.2) is 0 Å². The van der Waals surface area contributed by atoms with Crippen LogP contribution in [0.15, 0.2) is 78.9 Å². The molecule has 3 aromatic rings. The molecule has 0 fully saturated rings. The normalized spacial score (nSPS) is 10.3. The Kier molecular flexibility index (Phi) is 7.59. The van der Waals surface area contributed by atoms with E-state index in [2.05, 4.69) is 16.0 Å². The molecule has 0 heterocycles. The van der Waals surface area contributed by atoms with Crippen LogP contribution < -0.4 is 16.0 Å². The second-order valence-electron chi connectivity index (χ2n) is 7.39. The first-order chi connectivity index (χ1) is 15.4. The fourth-order valence-corrected chi connectivity index (χ4v) is 2.89. The SMILES string of the molecule is CC(C)NC(=O)Nc1ccccc1C(=O)OCc1ccc(C(=O)Nc2ccccc2)cc1. The van der Waals surface area contributed by atoms with E-state index >= 15 is 0 Å². The average Bonchev–Trinajstić information content (AvgIpc) is 2.78. The number of carbonyl (C=O) groups excluding carboxylic acids is 3. The Morgan fingerprint density at radius 3 is 2.16 bits per heavy atom. The number of benzene rings is 3. The van der Waals surface area contributed by atoms with Crippen LogP contribution in [0.25, 0.3) is 0 Å². The van der Waals surface area contributed by atoms with Gasteiger partial charge in [0.1, 0.15) is 6.61 Å². The summed E-state index contributed by atoms with van der Waals surface area (Å²) in [4.78, 5) is 36.9. The number of hydrogen-bond donors (Lipinski definition) is 3. The molecule has 164 valence electrons. The van der Waals surface area contributed by atoms with Gasteiger partial charge in [0.05, 0.1) is 11.3 Å². The number of rotatable bonds is 7. The first-order valence-electron chi connectivity index (χ1n) is 10.2. The molecule has 7 nitrogen and oxygen atoms in total. The molecular formula is C25H25N3O4. The Morgan fingerprint density at radius 2 is 1.47 bits per heavy atom. The molecule has 3 aromatic carbocycles. The number of ether oxygens (including phenoxy) is 1. The maximum absolute atomic E-state index is 12.6. The standard InChI is InChI=1S/C25H25N3O4/c1-17(2)26-25(31)28-22-11-7-6-10-21(22)24(30)32-16-18-12-14-19(15-13-18)23(29)27-20-8-4-3-5-9-20/h3-15,17H,16H2,1-2H3,(H,27,29)(H2,26,28,31). The van der Waals surface area contributed by atoms with Crippen molar-refractivity contribution in [2.75, 3.05) is 10.6 Å². The van der Waals surface area contributed by atoms with E-state index in [1.807, 2.05) is 44.2 Å². The monoisotopic (exact) mass is 431 g/mol. The van der Waals surface area contributed by atoms with Gasteiger partial charge in [-0.1, -0.05) is 42.5 Å². The van der Waals surface area contributed by atoms with Crippen LogP contribution in [-0.4, -0.2) is 23.9 Å². The number of urea groups is 1. The molecule has 3 N–H and O–H groups in total. The number of carbonyl (C=O) groups is 3. The van der Waals surface area contributed by atoms with Gasteiger partial charge in [-0.2, -0.15) is 0 Å². The van der Waals surface area contributed by atoms with E-state index in [4.69, 9.17) is 4.74 Å². The highest BCUT2D eigenvalue weighted by Crippen LogP contribution is 2.17. The first kappa shape index (κ1) is 22.6. The van der Waals surface area contributed by atoms with Crippen molar-refractivity contribution >= 4 is 29.3 Å². The van der Waals surface area contributed by atoms with Crippen LogP contribution in [0.3, 0.4) is 0 Å². The topological polar surface area (TPSA) is 96.5 Å². The molecule has 32 heavy (non-hydrogen) atoms. The van der Waals surface area contributed by atoms with Crippen molar-refractivity contribution in [1.82, 2.24) is 5.32 Å². The minimum absolute atomic E-state index is 0.0337. The van der Waals surface area contributed by atoms with Crippen LogP contribution in [0.5, 0.6) is 0 Å². The van der Waals surface area contributed by atoms with Gasteiger partial charge in [-0.05, 0) is 55.8 Å². The van der Waals surface area contributed by atoms with Gasteiger partial charge in [0.25, 0.3) is 5.91 Å². The number of amides is 3. The molecule has 0 saturated carbocycles. The summed E-state index contributed by atoms with van der Waals surface area (Å²) in [6.07, 6.45) is 0. The minimum atomic E-state index is -0.559. The summed E-state index contributed by atoms with van der Waals surface area (Å²) in [6.45, 7) is 3.72. The van der Waals surface area contributed by atoms with Crippen LogP contribution in [0.4, 0.5) is 16.2 Å². The number of esters is 1. The van der Waals surface area contributed by atoms with Crippen LogP contribution in [-0.2, 0) is 11.3 Å². The van der Waals surface area contributed by atoms with Crippen molar-refractivity contribution < 1.29 is 19.1 Å². The summed E-state index contributed by atoms with van der Waals surface area (Å²) in [6, 6.07) is 22.2. The summed E-state index contributed by atoms with van der Waals surface area (Å²) < 4.78 is 5.40. The van der Waals surface area contributed by atoms with Crippen molar-refractivity contribution in [1.29, 1.82) is 0 Å². The third kappa shape index (κ3) is 6.43. The largest absolute Gasteiger partial charge is 0.457 e. The van der Waals surface area contributed by atoms with Crippen LogP contribution in [0, 0.1) is 0 Å². The zero-order valence-corrected chi connectivity index (χ0v) is 17.9. The molecule has 7 heteroatoms. The lowest BCUT2D eigenvalue weighted by atomic mass is 10.1. The second-order valence-corrected chi connectivity index (χ2v) is 7.39. The lowest BCUT2D eigenvalue weighted by Gasteiger charge is -2.13. The van der Waals surface area contributed by atoms with E-state index in [0.29, 0.717) is 16.9 Å². The molecular weight excluding hydrogens is 406 g/mol. The van der Waals surface area contributed by atoms with Gasteiger partial charge in [0, 0.05) is 17.3 Å². The number of anilines is 2. The Balaban J connectivity index is 1.58. The highest BCUT2D eigenvalue weighted by atomic mass is 16.5. The van der Waals surface area contributed by atoms with E-state index in [0.717, 1.165) is 5.56 Å². The van der Waals surface area contributed by atoms with Crippen LogP contribution >= 0.6 is 0 Å². The van der Waals surface area contributed by atoms with Crippen molar-refractivity contribution in [3.63, 3.8) is 0 Å². The highest BCUT2D eigenvalue weighted by Gasteiger charge is 2.15.